The van der Waals surface area contributed by atoms with E-state index in [-0.39, 0.29) is 11.9 Å². The summed E-state index contributed by atoms with van der Waals surface area (Å²) >= 11 is 0. The molecule has 1 amide bonds. The maximum absolute atomic E-state index is 12.9. The number of benzene rings is 2. The highest BCUT2D eigenvalue weighted by atomic mass is 16.6. The van der Waals surface area contributed by atoms with Gasteiger partial charge in [-0.1, -0.05) is 41.6 Å². The van der Waals surface area contributed by atoms with E-state index in [2.05, 4.69) is 24.2 Å². The van der Waals surface area contributed by atoms with Gasteiger partial charge in [0.25, 0.3) is 5.91 Å². The summed E-state index contributed by atoms with van der Waals surface area (Å²) in [5, 5.41) is 14.0. The smallest absolute Gasteiger partial charge is 0.254 e. The first kappa shape index (κ1) is 18.1. The molecule has 0 bridgehead atoms. The molecule has 1 aliphatic rings. The molecule has 0 aromatic heterocycles. The molecule has 2 atom stereocenters. The molecule has 1 heterocycles. The molecule has 3 rings (SSSR count). The molecule has 1 fully saturated rings. The van der Waals surface area contributed by atoms with E-state index in [1.165, 1.54) is 12.7 Å². The molecule has 2 aromatic rings. The minimum Gasteiger partial charge on any atom is -0.399 e. The van der Waals surface area contributed by atoms with Gasteiger partial charge in [-0.15, -0.1) is 0 Å². The second kappa shape index (κ2) is 7.70. The topological polar surface area (TPSA) is 62.1 Å². The lowest BCUT2D eigenvalue weighted by Crippen LogP contribution is -2.41. The van der Waals surface area contributed by atoms with Gasteiger partial charge in [-0.25, -0.2) is 0 Å². The number of hydrogen-bond donors (Lipinski definition) is 1. The zero-order valence-electron chi connectivity index (χ0n) is 15.3. The molecule has 0 radical (unpaired) electrons. The van der Waals surface area contributed by atoms with Crippen molar-refractivity contribution < 1.29 is 14.7 Å². The van der Waals surface area contributed by atoms with E-state index in [1.54, 1.807) is 11.8 Å². The molecule has 2 aromatic carbocycles. The molecule has 0 saturated carbocycles. The summed E-state index contributed by atoms with van der Waals surface area (Å²) in [6.45, 7) is 4.15. The van der Waals surface area contributed by atoms with Crippen molar-refractivity contribution in [2.75, 3.05) is 13.7 Å². The van der Waals surface area contributed by atoms with Crippen LogP contribution in [0.25, 0.3) is 11.1 Å². The Hall–Kier alpha value is -2.66. The monoisotopic (exact) mass is 352 g/mol. The second-order valence-electron chi connectivity index (χ2n) is 6.68. The maximum atomic E-state index is 12.9. The Morgan fingerprint density at radius 3 is 2.54 bits per heavy atom. The predicted octanol–water partition coefficient (Wildman–Crippen LogP) is 3.26. The minimum absolute atomic E-state index is 0.103. The van der Waals surface area contributed by atoms with Crippen molar-refractivity contribution in [3.8, 4) is 11.1 Å². The van der Waals surface area contributed by atoms with Crippen molar-refractivity contribution in [2.24, 2.45) is 5.16 Å². The molecule has 0 aliphatic carbocycles. The number of likely N-dealkylation sites (tertiary alicyclic amines) is 1. The first-order valence-electron chi connectivity index (χ1n) is 8.75. The van der Waals surface area contributed by atoms with E-state index >= 15 is 0 Å². The number of aliphatic hydroxyl groups excluding tert-OH is 1. The van der Waals surface area contributed by atoms with Crippen LogP contribution in [0.2, 0.25) is 0 Å². The molecule has 0 spiro atoms. The number of oxime groups is 1. The number of hydrogen-bond acceptors (Lipinski definition) is 4. The lowest BCUT2D eigenvalue weighted by Gasteiger charge is -2.26. The molecular weight excluding hydrogens is 328 g/mol. The molecule has 5 nitrogen and oxygen atoms in total. The molecule has 1 saturated heterocycles. The van der Waals surface area contributed by atoms with Crippen LogP contribution in [-0.4, -0.2) is 47.4 Å². The van der Waals surface area contributed by atoms with Gasteiger partial charge in [-0.2, -0.15) is 0 Å². The van der Waals surface area contributed by atoms with Crippen molar-refractivity contribution in [3.63, 3.8) is 0 Å². The average Bonchev–Trinajstić information content (AvgIpc) is 3.06. The fourth-order valence-electron chi connectivity index (χ4n) is 3.43. The zero-order chi connectivity index (χ0) is 18.7. The largest absolute Gasteiger partial charge is 0.399 e. The van der Waals surface area contributed by atoms with Crippen molar-refractivity contribution in [1.29, 1.82) is 0 Å². The van der Waals surface area contributed by atoms with Crippen LogP contribution in [0.4, 0.5) is 0 Å². The van der Waals surface area contributed by atoms with Gasteiger partial charge in [-0.3, -0.25) is 4.79 Å². The van der Waals surface area contributed by atoms with E-state index in [0.29, 0.717) is 18.5 Å². The number of aryl methyl sites for hydroxylation is 1. The van der Waals surface area contributed by atoms with Crippen LogP contribution in [0.1, 0.15) is 29.3 Å². The minimum atomic E-state index is -0.630. The van der Waals surface area contributed by atoms with Crippen LogP contribution in [0.3, 0.4) is 0 Å². The summed E-state index contributed by atoms with van der Waals surface area (Å²) in [7, 11) is 1.49. The number of aliphatic hydroxyl groups is 1. The summed E-state index contributed by atoms with van der Waals surface area (Å²) in [5.74, 6) is -0.103. The van der Waals surface area contributed by atoms with E-state index in [1.807, 2.05) is 36.4 Å². The Morgan fingerprint density at radius 2 is 1.92 bits per heavy atom. The van der Waals surface area contributed by atoms with Crippen LogP contribution in [0.15, 0.2) is 53.7 Å². The highest BCUT2D eigenvalue weighted by Gasteiger charge is 2.36. The Bertz CT molecular complexity index is 812. The van der Waals surface area contributed by atoms with Crippen LogP contribution in [0, 0.1) is 6.92 Å². The highest BCUT2D eigenvalue weighted by molar-refractivity contribution is 6.00. The van der Waals surface area contributed by atoms with Crippen molar-refractivity contribution in [2.45, 2.75) is 32.4 Å². The van der Waals surface area contributed by atoms with E-state index in [0.717, 1.165) is 16.8 Å². The molecule has 26 heavy (non-hydrogen) atoms. The fourth-order valence-corrected chi connectivity index (χ4v) is 3.43. The van der Waals surface area contributed by atoms with Gasteiger partial charge in [0.2, 0.25) is 0 Å². The molecule has 1 N–H and O–H groups in total. The highest BCUT2D eigenvalue weighted by Crippen LogP contribution is 2.25. The molecular formula is C21H24N2O3. The lowest BCUT2D eigenvalue weighted by atomic mass is 9.99. The first-order valence-corrected chi connectivity index (χ1v) is 8.75. The van der Waals surface area contributed by atoms with Crippen LogP contribution in [0.5, 0.6) is 0 Å². The molecule has 1 aliphatic heterocycles. The van der Waals surface area contributed by atoms with Gasteiger partial charge in [-0.05, 0) is 42.7 Å². The fraction of sp³-hybridized carbons (Fsp3) is 0.333. The van der Waals surface area contributed by atoms with Crippen LogP contribution in [-0.2, 0) is 4.84 Å². The molecule has 5 heteroatoms. The summed E-state index contributed by atoms with van der Waals surface area (Å²) in [6.07, 6.45) is -0.104. The second-order valence-corrected chi connectivity index (χ2v) is 6.68. The van der Waals surface area contributed by atoms with E-state index < -0.39 is 6.10 Å². The Balaban J connectivity index is 1.83. The normalized spacial score (nSPS) is 19.6. The Morgan fingerprint density at radius 1 is 1.23 bits per heavy atom. The number of nitrogens with zero attached hydrogens (tertiary/aromatic N) is 2. The van der Waals surface area contributed by atoms with E-state index in [9.17, 15) is 9.90 Å². The third-order valence-electron chi connectivity index (χ3n) is 4.82. The summed E-state index contributed by atoms with van der Waals surface area (Å²) in [6, 6.07) is 15.5. The average molecular weight is 352 g/mol. The standard InChI is InChI=1S/C21H24N2O3/c1-14-6-4-5-7-19(14)16-8-10-17(11-9-16)21(25)23-13-18(22-26-3)12-20(23)15(2)24/h4-11,15,20,24H,12-13H2,1-3H3/b22-18-/t15?,20-/m0/s1. The number of carbonyl (C=O) groups excluding carboxylic acids is 1. The lowest BCUT2D eigenvalue weighted by molar-refractivity contribution is 0.0538. The first-order chi connectivity index (χ1) is 12.5. The van der Waals surface area contributed by atoms with Gasteiger partial charge < -0.3 is 14.8 Å². The third kappa shape index (κ3) is 3.63. The maximum Gasteiger partial charge on any atom is 0.254 e. The van der Waals surface area contributed by atoms with Gasteiger partial charge in [0, 0.05) is 12.0 Å². The molecule has 136 valence electrons. The zero-order valence-corrected chi connectivity index (χ0v) is 15.3. The van der Waals surface area contributed by atoms with Crippen molar-refractivity contribution >= 4 is 11.6 Å². The van der Waals surface area contributed by atoms with Crippen molar-refractivity contribution in [3.05, 3.63) is 59.7 Å². The SMILES string of the molecule is CO/N=C1/C[C@@H](C(C)O)N(C(=O)c2ccc(-c3ccccc3C)cc2)C1. The van der Waals surface area contributed by atoms with Gasteiger partial charge in [0.05, 0.1) is 24.4 Å². The van der Waals surface area contributed by atoms with Gasteiger partial charge >= 0.3 is 0 Å². The summed E-state index contributed by atoms with van der Waals surface area (Å²) < 4.78 is 0. The third-order valence-corrected chi connectivity index (χ3v) is 4.82. The van der Waals surface area contributed by atoms with Crippen LogP contribution < -0.4 is 0 Å². The summed E-state index contributed by atoms with van der Waals surface area (Å²) in [5.41, 5.74) is 4.80. The quantitative estimate of drug-likeness (QED) is 0.859. The number of rotatable bonds is 4. The van der Waals surface area contributed by atoms with E-state index in [4.69, 9.17) is 4.84 Å². The number of carbonyl (C=O) groups is 1. The number of amides is 1. The predicted molar refractivity (Wildman–Crippen MR) is 102 cm³/mol. The summed E-state index contributed by atoms with van der Waals surface area (Å²) in [4.78, 5) is 19.4. The van der Waals surface area contributed by atoms with Crippen LogP contribution >= 0.6 is 0 Å². The van der Waals surface area contributed by atoms with Crippen molar-refractivity contribution in [1.82, 2.24) is 4.90 Å². The Kier molecular flexibility index (Phi) is 5.38. The van der Waals surface area contributed by atoms with Gasteiger partial charge in [0.1, 0.15) is 7.11 Å². The van der Waals surface area contributed by atoms with Gasteiger partial charge in [0.15, 0.2) is 0 Å². The Labute approximate surface area is 153 Å². The molecule has 1 unspecified atom stereocenters.